The maximum Gasteiger partial charge on any atom is 0.337 e. The molecule has 70 valence electrons. The summed E-state index contributed by atoms with van der Waals surface area (Å²) in [5, 5.41) is 9.83. The van der Waals surface area contributed by atoms with Gasteiger partial charge in [-0.05, 0) is 17.7 Å². The van der Waals surface area contributed by atoms with Crippen molar-refractivity contribution in [2.45, 2.75) is 5.33 Å². The number of carbonyl (C=O) groups is 1. The normalized spacial score (nSPS) is 10.1. The van der Waals surface area contributed by atoms with Gasteiger partial charge in [-0.2, -0.15) is 0 Å². The van der Waals surface area contributed by atoms with Crippen LogP contribution in [-0.4, -0.2) is 11.1 Å². The van der Waals surface area contributed by atoms with Crippen molar-refractivity contribution in [3.8, 4) is 0 Å². The quantitative estimate of drug-likeness (QED) is 0.843. The Balaban J connectivity index is 3.35. The van der Waals surface area contributed by atoms with E-state index in [4.69, 9.17) is 28.3 Å². The molecule has 1 aromatic carbocycles. The first-order valence-electron chi connectivity index (χ1n) is 3.33. The molecular weight excluding hydrogens is 279 g/mol. The molecule has 5 heteroatoms. The fraction of sp³-hybridized carbons (Fsp3) is 0.125. The fourth-order valence-electron chi connectivity index (χ4n) is 0.899. The molecule has 0 radical (unpaired) electrons. The Morgan fingerprint density at radius 3 is 2.54 bits per heavy atom. The summed E-state index contributed by atoms with van der Waals surface area (Å²) in [4.78, 5) is 10.7. The number of alkyl halides is 1. The Hall–Kier alpha value is -0.250. The molecule has 2 nitrogen and oxygen atoms in total. The average molecular weight is 284 g/mol. The van der Waals surface area contributed by atoms with E-state index >= 15 is 0 Å². The van der Waals surface area contributed by atoms with Gasteiger partial charge in [0.2, 0.25) is 0 Å². The summed E-state index contributed by atoms with van der Waals surface area (Å²) in [7, 11) is 0. The second-order valence-corrected chi connectivity index (χ2v) is 3.74. The van der Waals surface area contributed by atoms with Gasteiger partial charge in [0.05, 0.1) is 10.6 Å². The lowest BCUT2D eigenvalue weighted by molar-refractivity contribution is 0.0697. The zero-order chi connectivity index (χ0) is 10.0. The Bertz CT molecular complexity index is 352. The molecule has 13 heavy (non-hydrogen) atoms. The van der Waals surface area contributed by atoms with E-state index in [9.17, 15) is 4.79 Å². The minimum absolute atomic E-state index is 0.0311. The predicted molar refractivity (Wildman–Crippen MR) is 56.1 cm³/mol. The van der Waals surface area contributed by atoms with Gasteiger partial charge in [-0.3, -0.25) is 0 Å². The van der Waals surface area contributed by atoms with Crippen molar-refractivity contribution in [3.63, 3.8) is 0 Å². The lowest BCUT2D eigenvalue weighted by Crippen LogP contribution is -1.99. The van der Waals surface area contributed by atoms with Crippen molar-refractivity contribution in [3.05, 3.63) is 33.3 Å². The van der Waals surface area contributed by atoms with Gasteiger partial charge in [-0.1, -0.05) is 39.1 Å². The van der Waals surface area contributed by atoms with Gasteiger partial charge < -0.3 is 5.11 Å². The van der Waals surface area contributed by atoms with E-state index in [0.717, 1.165) is 0 Å². The summed E-state index contributed by atoms with van der Waals surface area (Å²) >= 11 is 14.7. The van der Waals surface area contributed by atoms with Gasteiger partial charge in [0.15, 0.2) is 0 Å². The van der Waals surface area contributed by atoms with Crippen molar-refractivity contribution < 1.29 is 9.90 Å². The molecule has 0 aromatic heterocycles. The van der Waals surface area contributed by atoms with E-state index in [1.54, 1.807) is 6.07 Å². The first kappa shape index (κ1) is 10.8. The summed E-state index contributed by atoms with van der Waals surface area (Å²) in [5.41, 5.74) is 0.704. The van der Waals surface area contributed by atoms with E-state index in [-0.39, 0.29) is 10.6 Å². The van der Waals surface area contributed by atoms with Crippen molar-refractivity contribution in [2.75, 3.05) is 0 Å². The van der Waals surface area contributed by atoms with Crippen LogP contribution < -0.4 is 0 Å². The van der Waals surface area contributed by atoms with Crippen molar-refractivity contribution in [1.29, 1.82) is 0 Å². The van der Waals surface area contributed by atoms with Crippen LogP contribution in [0.25, 0.3) is 0 Å². The minimum atomic E-state index is -1.07. The number of carboxylic acid groups (broad SMARTS) is 1. The van der Waals surface area contributed by atoms with Gasteiger partial charge in [0.1, 0.15) is 0 Å². The molecule has 1 aromatic rings. The van der Waals surface area contributed by atoms with Crippen LogP contribution in [0.15, 0.2) is 12.1 Å². The van der Waals surface area contributed by atoms with E-state index in [2.05, 4.69) is 15.9 Å². The highest BCUT2D eigenvalue weighted by Gasteiger charge is 2.13. The first-order chi connectivity index (χ1) is 6.06. The minimum Gasteiger partial charge on any atom is -0.478 e. The van der Waals surface area contributed by atoms with Crippen LogP contribution in [0.5, 0.6) is 0 Å². The zero-order valence-electron chi connectivity index (χ0n) is 6.35. The molecule has 0 unspecified atom stereocenters. The number of hydrogen-bond donors (Lipinski definition) is 1. The molecular formula is C8H5BrCl2O2. The predicted octanol–water partition coefficient (Wildman–Crippen LogP) is 3.59. The van der Waals surface area contributed by atoms with Crippen LogP contribution in [0, 0.1) is 0 Å². The van der Waals surface area contributed by atoms with Crippen LogP contribution in [0.2, 0.25) is 10.0 Å². The molecule has 1 N–H and O–H groups in total. The molecule has 0 aliphatic heterocycles. The van der Waals surface area contributed by atoms with Crippen molar-refractivity contribution in [1.82, 2.24) is 0 Å². The summed E-state index contributed by atoms with van der Waals surface area (Å²) in [6.45, 7) is 0. The third-order valence-corrected chi connectivity index (χ3v) is 2.76. The third kappa shape index (κ3) is 2.36. The second-order valence-electron chi connectivity index (χ2n) is 2.37. The lowest BCUT2D eigenvalue weighted by Gasteiger charge is -2.04. The Kier molecular flexibility index (Phi) is 3.59. The van der Waals surface area contributed by atoms with Gasteiger partial charge in [0.25, 0.3) is 0 Å². The van der Waals surface area contributed by atoms with Gasteiger partial charge in [-0.25, -0.2) is 4.79 Å². The highest BCUT2D eigenvalue weighted by atomic mass is 79.9. The smallest absolute Gasteiger partial charge is 0.337 e. The highest BCUT2D eigenvalue weighted by Crippen LogP contribution is 2.27. The van der Waals surface area contributed by atoms with Gasteiger partial charge >= 0.3 is 5.97 Å². The molecule has 0 heterocycles. The Morgan fingerprint density at radius 1 is 1.46 bits per heavy atom. The van der Waals surface area contributed by atoms with Crippen LogP contribution in [0.1, 0.15) is 15.9 Å². The largest absolute Gasteiger partial charge is 0.478 e. The highest BCUT2D eigenvalue weighted by molar-refractivity contribution is 9.08. The summed E-state index contributed by atoms with van der Waals surface area (Å²) in [5.74, 6) is -1.07. The maximum atomic E-state index is 10.7. The first-order valence-corrected chi connectivity index (χ1v) is 5.21. The van der Waals surface area contributed by atoms with Crippen molar-refractivity contribution in [2.24, 2.45) is 0 Å². The topological polar surface area (TPSA) is 37.3 Å². The molecule has 0 aliphatic rings. The molecule has 0 aliphatic carbocycles. The van der Waals surface area contributed by atoms with Crippen molar-refractivity contribution >= 4 is 45.1 Å². The third-order valence-electron chi connectivity index (χ3n) is 1.49. The van der Waals surface area contributed by atoms with Gasteiger partial charge in [0, 0.05) is 10.4 Å². The monoisotopic (exact) mass is 282 g/mol. The molecule has 0 atom stereocenters. The number of carboxylic acids is 1. The van der Waals surface area contributed by atoms with Gasteiger partial charge in [-0.15, -0.1) is 0 Å². The van der Waals surface area contributed by atoms with E-state index in [1.165, 1.54) is 6.07 Å². The maximum absolute atomic E-state index is 10.7. The molecule has 0 saturated heterocycles. The molecule has 0 fully saturated rings. The number of aromatic carboxylic acids is 1. The van der Waals surface area contributed by atoms with Crippen LogP contribution in [0.3, 0.4) is 0 Å². The molecule has 0 bridgehead atoms. The van der Waals surface area contributed by atoms with E-state index in [0.29, 0.717) is 15.9 Å². The summed E-state index contributed by atoms with van der Waals surface area (Å²) in [6.07, 6.45) is 0. The Labute approximate surface area is 93.6 Å². The molecule has 0 saturated carbocycles. The standard InChI is InChI=1S/C8H5BrCl2O2/c9-3-4-1-5(10)2-6(7(4)11)8(12)13/h1-2H,3H2,(H,12,13). The molecule has 0 amide bonds. The summed E-state index contributed by atoms with van der Waals surface area (Å²) < 4.78 is 0. The summed E-state index contributed by atoms with van der Waals surface area (Å²) in [6, 6.07) is 2.96. The number of rotatable bonds is 2. The number of benzene rings is 1. The average Bonchev–Trinajstić information content (AvgIpc) is 2.08. The van der Waals surface area contributed by atoms with Crippen LogP contribution in [0.4, 0.5) is 0 Å². The number of hydrogen-bond acceptors (Lipinski definition) is 1. The van der Waals surface area contributed by atoms with Crippen LogP contribution in [-0.2, 0) is 5.33 Å². The molecule has 1 rings (SSSR count). The fourth-order valence-corrected chi connectivity index (χ4v) is 2.00. The SMILES string of the molecule is O=C(O)c1cc(Cl)cc(CBr)c1Cl. The van der Waals surface area contributed by atoms with Crippen LogP contribution >= 0.6 is 39.1 Å². The zero-order valence-corrected chi connectivity index (χ0v) is 9.45. The second kappa shape index (κ2) is 4.31. The molecule has 0 spiro atoms. The Morgan fingerprint density at radius 2 is 2.08 bits per heavy atom. The van der Waals surface area contributed by atoms with E-state index in [1.807, 2.05) is 0 Å². The lowest BCUT2D eigenvalue weighted by atomic mass is 10.1. The number of halogens is 3. The van der Waals surface area contributed by atoms with E-state index < -0.39 is 5.97 Å².